The Kier molecular flexibility index (Phi) is 2.48. The quantitative estimate of drug-likeness (QED) is 0.598. The van der Waals surface area contributed by atoms with E-state index in [9.17, 15) is 4.79 Å². The van der Waals surface area contributed by atoms with Crippen molar-refractivity contribution < 1.29 is 9.53 Å². The van der Waals surface area contributed by atoms with Crippen LogP contribution in [-0.2, 0) is 9.53 Å². The van der Waals surface area contributed by atoms with Gasteiger partial charge in [0, 0.05) is 25.9 Å². The number of ether oxygens (including phenoxy) is 1. The highest BCUT2D eigenvalue weighted by Crippen LogP contribution is 2.38. The van der Waals surface area contributed by atoms with Crippen LogP contribution in [0.2, 0.25) is 0 Å². The zero-order chi connectivity index (χ0) is 11.1. The number of rotatable bonds is 1. The lowest BCUT2D eigenvalue weighted by Gasteiger charge is -2.22. The minimum Gasteiger partial charge on any atom is -0.383 e. The molecule has 80 valence electrons. The van der Waals surface area contributed by atoms with Crippen LogP contribution < -0.4 is 0 Å². The van der Waals surface area contributed by atoms with Gasteiger partial charge in [-0.2, -0.15) is 0 Å². The second-order valence-corrected chi connectivity index (χ2v) is 4.96. The van der Waals surface area contributed by atoms with Gasteiger partial charge in [0.05, 0.1) is 5.60 Å². The zero-order valence-electron chi connectivity index (χ0n) is 9.84. The second-order valence-electron chi connectivity index (χ2n) is 4.96. The van der Waals surface area contributed by atoms with Gasteiger partial charge in [-0.1, -0.05) is 0 Å². The molecule has 0 aliphatic carbocycles. The molecule has 1 aliphatic heterocycles. The monoisotopic (exact) mass is 197 g/mol. The maximum absolute atomic E-state index is 12.0. The van der Waals surface area contributed by atoms with Gasteiger partial charge in [0.2, 0.25) is 0 Å². The van der Waals surface area contributed by atoms with Gasteiger partial charge in [-0.15, -0.1) is 0 Å². The lowest BCUT2D eigenvalue weighted by atomic mass is 9.93. The predicted octanol–water partition coefficient (Wildman–Crippen LogP) is 1.59. The minimum absolute atomic E-state index is 0.0798. The Morgan fingerprint density at radius 1 is 1.14 bits per heavy atom. The molecule has 1 heterocycles. The number of carbonyl (C=O) groups is 1. The summed E-state index contributed by atoms with van der Waals surface area (Å²) >= 11 is 0. The largest absolute Gasteiger partial charge is 0.383 e. The molecule has 0 N–H and O–H groups in total. The van der Waals surface area contributed by atoms with Gasteiger partial charge in [0.25, 0.3) is 0 Å². The first-order valence-electron chi connectivity index (χ1n) is 4.80. The number of hydrogen-bond acceptors (Lipinski definition) is 3. The van der Waals surface area contributed by atoms with Crippen molar-refractivity contribution in [2.24, 2.45) is 0 Å². The Morgan fingerprint density at radius 3 is 1.93 bits per heavy atom. The van der Waals surface area contributed by atoms with Crippen molar-refractivity contribution in [3.63, 3.8) is 0 Å². The molecule has 0 aromatic heterocycles. The van der Waals surface area contributed by atoms with Crippen molar-refractivity contribution in [2.45, 2.75) is 38.9 Å². The summed E-state index contributed by atoms with van der Waals surface area (Å²) in [5.41, 5.74) is -0.427. The zero-order valence-corrected chi connectivity index (χ0v) is 9.84. The van der Waals surface area contributed by atoms with Gasteiger partial charge < -0.3 is 9.64 Å². The summed E-state index contributed by atoms with van der Waals surface area (Å²) in [6, 6.07) is 0. The van der Waals surface area contributed by atoms with E-state index >= 15 is 0 Å². The first kappa shape index (κ1) is 11.2. The molecule has 0 aromatic rings. The van der Waals surface area contributed by atoms with Crippen LogP contribution >= 0.6 is 0 Å². The van der Waals surface area contributed by atoms with E-state index in [1.807, 2.05) is 52.9 Å². The van der Waals surface area contributed by atoms with E-state index in [2.05, 4.69) is 0 Å². The third kappa shape index (κ3) is 1.82. The number of nitrogens with zero attached hydrogens (tertiary/aromatic N) is 1. The van der Waals surface area contributed by atoms with Gasteiger partial charge in [-0.05, 0) is 27.7 Å². The Morgan fingerprint density at radius 2 is 1.64 bits per heavy atom. The molecule has 0 spiro atoms. The summed E-state index contributed by atoms with van der Waals surface area (Å²) in [6.07, 6.45) is 1.84. The van der Waals surface area contributed by atoms with Crippen LogP contribution in [0.3, 0.4) is 0 Å². The molecule has 0 radical (unpaired) electrons. The Bertz CT molecular complexity index is 288. The standard InChI is InChI=1S/C11H19NO2/c1-10(2)8(7-12(5)6)9(13)11(3,4)14-10/h7H,1-6H3. The van der Waals surface area contributed by atoms with E-state index in [4.69, 9.17) is 4.74 Å². The van der Waals surface area contributed by atoms with E-state index in [0.29, 0.717) is 0 Å². The molecule has 0 unspecified atom stereocenters. The normalized spacial score (nSPS) is 27.0. The first-order valence-corrected chi connectivity index (χ1v) is 4.80. The lowest BCUT2D eigenvalue weighted by Crippen LogP contribution is -2.29. The Hall–Kier alpha value is -0.830. The fourth-order valence-corrected chi connectivity index (χ4v) is 1.81. The summed E-state index contributed by atoms with van der Waals surface area (Å²) < 4.78 is 5.72. The van der Waals surface area contributed by atoms with Gasteiger partial charge in [-0.3, -0.25) is 4.79 Å². The Balaban J connectivity index is 3.12. The molecule has 3 nitrogen and oxygen atoms in total. The summed E-state index contributed by atoms with van der Waals surface area (Å²) in [5, 5.41) is 0. The molecule has 0 amide bonds. The van der Waals surface area contributed by atoms with Crippen molar-refractivity contribution in [1.82, 2.24) is 4.90 Å². The first-order chi connectivity index (χ1) is 6.17. The molecule has 0 saturated carbocycles. The van der Waals surface area contributed by atoms with E-state index in [-0.39, 0.29) is 5.78 Å². The van der Waals surface area contributed by atoms with Gasteiger partial charge >= 0.3 is 0 Å². The average Bonchev–Trinajstić information content (AvgIpc) is 2.08. The topological polar surface area (TPSA) is 29.5 Å². The van der Waals surface area contributed by atoms with Crippen LogP contribution in [0.15, 0.2) is 11.8 Å². The molecule has 1 rings (SSSR count). The molecule has 1 saturated heterocycles. The molecule has 1 aliphatic rings. The molecular weight excluding hydrogens is 178 g/mol. The molecule has 1 fully saturated rings. The van der Waals surface area contributed by atoms with Crippen LogP contribution in [0.1, 0.15) is 27.7 Å². The average molecular weight is 197 g/mol. The maximum atomic E-state index is 12.0. The molecule has 0 bridgehead atoms. The van der Waals surface area contributed by atoms with Crippen molar-refractivity contribution in [3.05, 3.63) is 11.8 Å². The molecular formula is C11H19NO2. The van der Waals surface area contributed by atoms with Crippen LogP contribution in [-0.4, -0.2) is 36.0 Å². The summed E-state index contributed by atoms with van der Waals surface area (Å²) in [6.45, 7) is 7.48. The molecule has 0 aromatic carbocycles. The molecule has 3 heteroatoms. The number of hydrogen-bond donors (Lipinski definition) is 0. The fourth-order valence-electron chi connectivity index (χ4n) is 1.81. The number of carbonyl (C=O) groups excluding carboxylic acids is 1. The highest BCUT2D eigenvalue weighted by atomic mass is 16.5. The highest BCUT2D eigenvalue weighted by molar-refractivity contribution is 6.04. The second kappa shape index (κ2) is 3.09. The van der Waals surface area contributed by atoms with Gasteiger partial charge in [0.1, 0.15) is 5.60 Å². The van der Waals surface area contributed by atoms with Crippen LogP contribution in [0.4, 0.5) is 0 Å². The van der Waals surface area contributed by atoms with Gasteiger partial charge in [-0.25, -0.2) is 0 Å². The lowest BCUT2D eigenvalue weighted by molar-refractivity contribution is -0.132. The van der Waals surface area contributed by atoms with Crippen LogP contribution in [0, 0.1) is 0 Å². The molecule has 14 heavy (non-hydrogen) atoms. The van der Waals surface area contributed by atoms with Crippen LogP contribution in [0.5, 0.6) is 0 Å². The van der Waals surface area contributed by atoms with Crippen molar-refractivity contribution >= 4 is 5.78 Å². The highest BCUT2D eigenvalue weighted by Gasteiger charge is 2.49. The van der Waals surface area contributed by atoms with Crippen molar-refractivity contribution in [1.29, 1.82) is 0 Å². The Labute approximate surface area is 85.7 Å². The number of Topliss-reactive ketones (excluding diaryl/α,β-unsaturated/α-hetero) is 1. The predicted molar refractivity (Wildman–Crippen MR) is 56.0 cm³/mol. The number of ketones is 1. The van der Waals surface area contributed by atoms with E-state index in [0.717, 1.165) is 5.57 Å². The van der Waals surface area contributed by atoms with Crippen LogP contribution in [0.25, 0.3) is 0 Å². The fraction of sp³-hybridized carbons (Fsp3) is 0.727. The van der Waals surface area contributed by atoms with Crippen molar-refractivity contribution in [3.8, 4) is 0 Å². The van der Waals surface area contributed by atoms with E-state index < -0.39 is 11.2 Å². The third-order valence-electron chi connectivity index (χ3n) is 2.34. The summed E-state index contributed by atoms with van der Waals surface area (Å²) in [4.78, 5) is 13.8. The molecule has 0 atom stereocenters. The maximum Gasteiger partial charge on any atom is 0.194 e. The van der Waals surface area contributed by atoms with Gasteiger partial charge in [0.15, 0.2) is 5.78 Å². The van der Waals surface area contributed by atoms with E-state index in [1.165, 1.54) is 0 Å². The van der Waals surface area contributed by atoms with E-state index in [1.54, 1.807) is 0 Å². The SMILES string of the molecule is CN(C)C=C1C(=O)C(C)(C)OC1(C)C. The smallest absolute Gasteiger partial charge is 0.194 e. The third-order valence-corrected chi connectivity index (χ3v) is 2.34. The summed E-state index contributed by atoms with van der Waals surface area (Å²) in [5.74, 6) is 0.0798. The summed E-state index contributed by atoms with van der Waals surface area (Å²) in [7, 11) is 3.81. The minimum atomic E-state index is -0.689. The van der Waals surface area contributed by atoms with Crippen molar-refractivity contribution in [2.75, 3.05) is 14.1 Å².